The van der Waals surface area contributed by atoms with Gasteiger partial charge >= 0.3 is 5.97 Å². The van der Waals surface area contributed by atoms with Gasteiger partial charge in [-0.05, 0) is 50.7 Å². The van der Waals surface area contributed by atoms with Crippen LogP contribution in [0.25, 0.3) is 16.8 Å². The summed E-state index contributed by atoms with van der Waals surface area (Å²) in [5, 5.41) is 6.95. The number of aryl methyl sites for hydroxylation is 1. The number of esters is 1. The van der Waals surface area contributed by atoms with E-state index in [1.165, 1.54) is 11.3 Å². The number of benzene rings is 2. The van der Waals surface area contributed by atoms with Gasteiger partial charge in [-0.15, -0.1) is 11.3 Å². The zero-order valence-electron chi connectivity index (χ0n) is 19.9. The number of nitrogens with one attached hydrogen (secondary N) is 2. The Balaban J connectivity index is 1.68. The molecule has 0 aliphatic heterocycles. The highest BCUT2D eigenvalue weighted by Crippen LogP contribution is 2.40. The van der Waals surface area contributed by atoms with Gasteiger partial charge in [-0.25, -0.2) is 9.48 Å². The predicted octanol–water partition coefficient (Wildman–Crippen LogP) is 5.51. The maximum absolute atomic E-state index is 13.2. The van der Waals surface area contributed by atoms with Crippen LogP contribution in [0.1, 0.15) is 27.9 Å². The van der Waals surface area contributed by atoms with Crippen molar-refractivity contribution in [3.05, 3.63) is 87.2 Å². The van der Waals surface area contributed by atoms with Gasteiger partial charge in [0.2, 0.25) is 0 Å². The molecule has 35 heavy (non-hydrogen) atoms. The van der Waals surface area contributed by atoms with E-state index in [1.54, 1.807) is 16.3 Å². The second-order valence-corrected chi connectivity index (χ2v) is 9.47. The van der Waals surface area contributed by atoms with Gasteiger partial charge in [0.05, 0.1) is 18.0 Å². The molecule has 0 saturated carbocycles. The van der Waals surface area contributed by atoms with E-state index in [4.69, 9.17) is 17.0 Å². The molecule has 0 saturated heterocycles. The summed E-state index contributed by atoms with van der Waals surface area (Å²) in [5.74, 6) is -0.427. The van der Waals surface area contributed by atoms with Crippen molar-refractivity contribution in [2.75, 3.05) is 17.2 Å². The molecular weight excluding hydrogens is 480 g/mol. The van der Waals surface area contributed by atoms with Gasteiger partial charge in [-0.1, -0.05) is 48.5 Å². The molecule has 0 spiro atoms. The molecule has 0 radical (unpaired) electrons. The summed E-state index contributed by atoms with van der Waals surface area (Å²) in [7, 11) is 1.82. The molecule has 0 aliphatic carbocycles. The van der Waals surface area contributed by atoms with Crippen molar-refractivity contribution >= 4 is 45.3 Å². The van der Waals surface area contributed by atoms with Crippen LogP contribution in [-0.2, 0) is 11.8 Å². The number of thiophene rings is 1. The van der Waals surface area contributed by atoms with Crippen molar-refractivity contribution in [3.63, 3.8) is 0 Å². The lowest BCUT2D eigenvalue weighted by atomic mass is 10.0. The van der Waals surface area contributed by atoms with Gasteiger partial charge in [0, 0.05) is 17.5 Å². The molecule has 2 aromatic carbocycles. The van der Waals surface area contributed by atoms with E-state index in [9.17, 15) is 9.59 Å². The molecule has 4 rings (SSSR count). The van der Waals surface area contributed by atoms with E-state index in [-0.39, 0.29) is 17.3 Å². The van der Waals surface area contributed by atoms with E-state index in [0.29, 0.717) is 16.3 Å². The summed E-state index contributed by atoms with van der Waals surface area (Å²) in [6, 6.07) is 19.1. The monoisotopic (exact) mass is 506 g/mol. The molecule has 0 fully saturated rings. The van der Waals surface area contributed by atoms with E-state index >= 15 is 0 Å². The SMILES string of the molecule is CCOC(=O)c1c(NC(=S)Nc2c(C)n(C)n(-c3ccccc3)c2=O)sc(C)c1-c1ccccc1. The summed E-state index contributed by atoms with van der Waals surface area (Å²) in [5.41, 5.74) is 3.77. The molecular formula is C26H26N4O3S2. The quantitative estimate of drug-likeness (QED) is 0.265. The highest BCUT2D eigenvalue weighted by Gasteiger charge is 2.25. The molecule has 2 aromatic heterocycles. The maximum atomic E-state index is 13.2. The lowest BCUT2D eigenvalue weighted by Gasteiger charge is -2.11. The number of nitrogens with zero attached hydrogens (tertiary/aromatic N) is 2. The van der Waals surface area contributed by atoms with Crippen LogP contribution in [0.4, 0.5) is 10.7 Å². The standard InChI is InChI=1S/C26H26N4O3S2/c1-5-33-25(32)21-20(18-12-8-6-9-13-18)17(3)35-23(21)28-26(34)27-22-16(2)29(4)30(24(22)31)19-14-10-7-11-15-19/h6-15H,5H2,1-4H3,(H2,27,28,34). The third kappa shape index (κ3) is 4.78. The average Bonchev–Trinajstić information content (AvgIpc) is 3.28. The number of carbonyl (C=O) groups is 1. The number of ether oxygens (including phenoxy) is 1. The molecule has 4 aromatic rings. The average molecular weight is 507 g/mol. The van der Waals surface area contributed by atoms with E-state index in [0.717, 1.165) is 27.4 Å². The first kappa shape index (κ1) is 24.4. The number of hydrogen-bond acceptors (Lipinski definition) is 5. The first-order valence-corrected chi connectivity index (χ1v) is 12.3. The third-order valence-corrected chi connectivity index (χ3v) is 6.87. The van der Waals surface area contributed by atoms with Gasteiger partial charge in [0.25, 0.3) is 5.56 Å². The highest BCUT2D eigenvalue weighted by molar-refractivity contribution is 7.80. The topological polar surface area (TPSA) is 77.3 Å². The van der Waals surface area contributed by atoms with Crippen LogP contribution in [0.3, 0.4) is 0 Å². The Labute approximate surface area is 213 Å². The molecule has 0 atom stereocenters. The van der Waals surface area contributed by atoms with Crippen LogP contribution in [0.2, 0.25) is 0 Å². The van der Waals surface area contributed by atoms with Crippen LogP contribution in [0, 0.1) is 13.8 Å². The van der Waals surface area contributed by atoms with Crippen LogP contribution in [0.15, 0.2) is 65.5 Å². The van der Waals surface area contributed by atoms with Crippen LogP contribution in [0.5, 0.6) is 0 Å². The van der Waals surface area contributed by atoms with Crippen molar-refractivity contribution in [2.24, 2.45) is 7.05 Å². The number of rotatable bonds is 6. The minimum absolute atomic E-state index is 0.211. The fourth-order valence-electron chi connectivity index (χ4n) is 3.94. The van der Waals surface area contributed by atoms with Crippen LogP contribution < -0.4 is 16.2 Å². The Morgan fingerprint density at radius 3 is 2.29 bits per heavy atom. The van der Waals surface area contributed by atoms with E-state index in [2.05, 4.69) is 10.6 Å². The molecule has 0 unspecified atom stereocenters. The van der Waals surface area contributed by atoms with Gasteiger partial charge in [0.1, 0.15) is 16.3 Å². The predicted molar refractivity (Wildman–Crippen MR) is 146 cm³/mol. The Kier molecular flexibility index (Phi) is 7.18. The van der Waals surface area contributed by atoms with Crippen LogP contribution in [-0.4, -0.2) is 27.1 Å². The normalized spacial score (nSPS) is 10.7. The van der Waals surface area contributed by atoms with Crippen molar-refractivity contribution in [1.29, 1.82) is 0 Å². The van der Waals surface area contributed by atoms with Gasteiger partial charge in [0.15, 0.2) is 5.11 Å². The third-order valence-electron chi connectivity index (χ3n) is 5.65. The van der Waals surface area contributed by atoms with Crippen molar-refractivity contribution in [2.45, 2.75) is 20.8 Å². The molecule has 0 bridgehead atoms. The summed E-state index contributed by atoms with van der Waals surface area (Å²) in [4.78, 5) is 27.1. The maximum Gasteiger partial charge on any atom is 0.341 e. The summed E-state index contributed by atoms with van der Waals surface area (Å²) in [6.45, 7) is 5.83. The zero-order valence-corrected chi connectivity index (χ0v) is 21.5. The largest absolute Gasteiger partial charge is 0.462 e. The number of carbonyl (C=O) groups excluding carboxylic acids is 1. The van der Waals surface area contributed by atoms with Gasteiger partial charge in [-0.3, -0.25) is 9.48 Å². The Bertz CT molecular complexity index is 1440. The minimum Gasteiger partial charge on any atom is -0.462 e. The number of anilines is 2. The Morgan fingerprint density at radius 1 is 1.03 bits per heavy atom. The van der Waals surface area contributed by atoms with E-state index in [1.807, 2.05) is 81.6 Å². The molecule has 2 N–H and O–H groups in total. The molecule has 0 amide bonds. The molecule has 180 valence electrons. The second kappa shape index (κ2) is 10.3. The van der Waals surface area contributed by atoms with Gasteiger partial charge < -0.3 is 15.4 Å². The number of thiocarbonyl (C=S) groups is 1. The van der Waals surface area contributed by atoms with Crippen molar-refractivity contribution in [1.82, 2.24) is 9.36 Å². The summed E-state index contributed by atoms with van der Waals surface area (Å²) >= 11 is 6.98. The zero-order chi connectivity index (χ0) is 25.1. The van der Waals surface area contributed by atoms with Gasteiger partial charge in [-0.2, -0.15) is 0 Å². The number of aromatic nitrogens is 2. The molecule has 2 heterocycles. The minimum atomic E-state index is -0.427. The summed E-state index contributed by atoms with van der Waals surface area (Å²) < 4.78 is 8.71. The Morgan fingerprint density at radius 2 is 1.66 bits per heavy atom. The molecule has 0 aliphatic rings. The first-order chi connectivity index (χ1) is 16.8. The fraction of sp³-hybridized carbons (Fsp3) is 0.192. The highest BCUT2D eigenvalue weighted by atomic mass is 32.1. The lowest BCUT2D eigenvalue weighted by molar-refractivity contribution is 0.0529. The molecule has 7 nitrogen and oxygen atoms in total. The van der Waals surface area contributed by atoms with Crippen molar-refractivity contribution < 1.29 is 9.53 Å². The van der Waals surface area contributed by atoms with E-state index < -0.39 is 5.97 Å². The second-order valence-electron chi connectivity index (χ2n) is 7.84. The molecule has 9 heteroatoms. The summed E-state index contributed by atoms with van der Waals surface area (Å²) in [6.07, 6.45) is 0. The fourth-order valence-corrected chi connectivity index (χ4v) is 5.28. The van der Waals surface area contributed by atoms with Crippen LogP contribution >= 0.6 is 23.6 Å². The number of hydrogen-bond donors (Lipinski definition) is 2. The number of para-hydroxylation sites is 1. The Hall–Kier alpha value is -3.69. The van der Waals surface area contributed by atoms with Crippen molar-refractivity contribution in [3.8, 4) is 16.8 Å². The lowest BCUT2D eigenvalue weighted by Crippen LogP contribution is -2.25. The first-order valence-electron chi connectivity index (χ1n) is 11.1. The smallest absolute Gasteiger partial charge is 0.341 e.